The number of rotatable bonds is 58. The van der Waals surface area contributed by atoms with Crippen LogP contribution in [0, 0.1) is 0 Å². The lowest BCUT2D eigenvalue weighted by Crippen LogP contribution is -2.66. The molecule has 776 valence electrons. The van der Waals surface area contributed by atoms with Crippen LogP contribution in [-0.2, 0) is 172 Å². The van der Waals surface area contributed by atoms with E-state index >= 15 is 4.79 Å². The largest absolute Gasteiger partial charge is 0.497 e. The van der Waals surface area contributed by atoms with Crippen LogP contribution in [0.15, 0.2) is 78.9 Å². The Morgan fingerprint density at radius 2 is 0.700 bits per heavy atom. The second-order valence-corrected chi connectivity index (χ2v) is 33.1. The van der Waals surface area contributed by atoms with Crippen LogP contribution < -0.4 is 41.4 Å². The summed E-state index contributed by atoms with van der Waals surface area (Å²) in [6, 6.07) is 19.3. The predicted octanol–water partition coefficient (Wildman–Crippen LogP) is 3.04. The number of esters is 10. The number of amides is 8. The first kappa shape index (κ1) is 116. The van der Waals surface area contributed by atoms with Gasteiger partial charge in [-0.05, 0) is 98.7 Å². The Morgan fingerprint density at radius 1 is 0.364 bits per heavy atom. The zero-order chi connectivity index (χ0) is 103. The summed E-state index contributed by atoms with van der Waals surface area (Å²) in [4.78, 5) is 237. The van der Waals surface area contributed by atoms with Crippen molar-refractivity contribution in [3.05, 3.63) is 95.6 Å². The maximum Gasteiger partial charge on any atom is 0.307 e. The zero-order valence-electron chi connectivity index (χ0n) is 81.8. The topological polar surface area (TPSA) is 561 Å². The highest BCUT2D eigenvalue weighted by atomic mass is 16.7. The number of ether oxygens (including phenoxy) is 19. The van der Waals surface area contributed by atoms with Gasteiger partial charge in [0.25, 0.3) is 5.91 Å². The van der Waals surface area contributed by atoms with E-state index in [0.29, 0.717) is 28.2 Å². The van der Waals surface area contributed by atoms with E-state index < -0.39 is 243 Å². The smallest absolute Gasteiger partial charge is 0.307 e. The molecule has 0 radical (unpaired) electrons. The van der Waals surface area contributed by atoms with Crippen molar-refractivity contribution in [2.45, 2.75) is 277 Å². The van der Waals surface area contributed by atoms with Crippen molar-refractivity contribution in [2.75, 3.05) is 107 Å². The Labute approximate surface area is 812 Å². The van der Waals surface area contributed by atoms with Crippen LogP contribution in [0.3, 0.4) is 0 Å². The molecule has 45 nitrogen and oxygen atoms in total. The van der Waals surface area contributed by atoms with Gasteiger partial charge < -0.3 is 132 Å². The van der Waals surface area contributed by atoms with Crippen molar-refractivity contribution < 1.29 is 176 Å². The van der Waals surface area contributed by atoms with Gasteiger partial charge in [-0.15, -0.1) is 0 Å². The van der Waals surface area contributed by atoms with Crippen LogP contribution >= 0.6 is 0 Å². The van der Waals surface area contributed by atoms with Gasteiger partial charge in [0.1, 0.15) is 73.4 Å². The lowest BCUT2D eigenvalue weighted by atomic mass is 9.80. The molecule has 140 heavy (non-hydrogen) atoms. The van der Waals surface area contributed by atoms with Crippen LogP contribution in [0.25, 0.3) is 0 Å². The van der Waals surface area contributed by atoms with Gasteiger partial charge in [0.05, 0.1) is 27.2 Å². The van der Waals surface area contributed by atoms with Crippen molar-refractivity contribution >= 4 is 107 Å². The number of methoxy groups -OCH3 is 2. The summed E-state index contributed by atoms with van der Waals surface area (Å²) in [6.07, 6.45) is -17.7. The number of hydrogen-bond acceptors (Lipinski definition) is 37. The van der Waals surface area contributed by atoms with E-state index in [1.165, 1.54) is 51.8 Å². The van der Waals surface area contributed by atoms with Gasteiger partial charge in [0, 0.05) is 175 Å². The van der Waals surface area contributed by atoms with Crippen molar-refractivity contribution in [3.8, 4) is 11.5 Å². The van der Waals surface area contributed by atoms with E-state index in [4.69, 9.17) is 90.0 Å². The average Bonchev–Trinajstić information content (AvgIpc) is 0.759. The number of benzene rings is 3. The number of unbranched alkanes of at least 4 members (excludes halogenated alkanes) is 3. The SMILES string of the molecule is CNC(=O)CCC(=O)OC(COC(c1ccccc1)(c1ccc(OC)cc1)c1ccc(OC)cc1)C(=O)N(CCCNC(=O)CCCCO[C@@H]1OC(COC(C)=O)[C@H](OC(C)=O)[C@H](OC(C)=O)C1NC(C)=O)CCCN(CCCNC(=O)CCCCO[C@@H]1OC(COC(C)=O)[C@H](OC(C)=O)[C@H](OC(C)=O)C1NC(C)=O)C(=O)CCCCO[C@@H]1OC(COC(C)=O)[C@H](OC(C)=O)[C@H](OC(C)=O)C1NC(C)=O. The second-order valence-electron chi connectivity index (χ2n) is 33.1. The van der Waals surface area contributed by atoms with Gasteiger partial charge in [-0.3, -0.25) is 86.3 Å². The molecule has 0 saturated carbocycles. The van der Waals surface area contributed by atoms with Gasteiger partial charge in [0.15, 0.2) is 55.5 Å². The van der Waals surface area contributed by atoms with Crippen LogP contribution in [0.1, 0.15) is 190 Å². The Balaban J connectivity index is 1.30. The maximum absolute atomic E-state index is 16.0. The summed E-state index contributed by atoms with van der Waals surface area (Å²) in [5, 5.41) is 16.2. The number of nitrogens with zero attached hydrogens (tertiary/aromatic N) is 2. The van der Waals surface area contributed by atoms with Crippen LogP contribution in [0.4, 0.5) is 0 Å². The third-order valence-corrected chi connectivity index (χ3v) is 21.8. The molecule has 6 rings (SSSR count). The van der Waals surface area contributed by atoms with Crippen LogP contribution in [-0.4, -0.2) is 322 Å². The summed E-state index contributed by atoms with van der Waals surface area (Å²) in [7, 11) is 4.39. The number of carbonyl (C=O) groups excluding carboxylic acids is 18. The first-order valence-corrected chi connectivity index (χ1v) is 46.2. The standard InChI is InChI=1S/C95H134N8O37/c1-56(104)99-82-88(134-65(10)113)85(131-62(7)110)73(52-127-59(4)107)138-92(82)124-49-22-19-30-78(117)97-43-25-45-102(80(119)32-21-24-51-126-94-84(101-58(3)106)90(136-67(12)115)87(133-64(9)112)75(140-94)54-129-61(6)109)47-27-48-103(46-26-44-98-79(118)31-20-23-50-125-93-83(100-57(2)105)89(135-66(11)114)86(132-63(8)111)74(139-93)53-128-60(5)108)91(121)76(137-81(120)42-41-77(116)96-13)55-130-95(68-28-17-16-18-29-68,69-33-37-71(122-14)38-34-69)70-35-39-72(123-15)40-36-70/h16-18,28-29,33-40,73-76,82-90,92-94H,19-27,30-32,41-55H2,1-15H3,(H,96,116)(H,97,117)(H,98,118)(H,99,104)(H,100,105)(H,101,106)/t73?,74?,75?,76?,82?,83?,84?,85-,86-,87-,88+,89+,90+,92+,93+,94+/m0/s1. The molecule has 45 heteroatoms. The lowest BCUT2D eigenvalue weighted by molar-refractivity contribution is -0.277. The molecule has 8 amide bonds. The molecule has 3 fully saturated rings. The molecular weight excluding hydrogens is 1850 g/mol. The summed E-state index contributed by atoms with van der Waals surface area (Å²) >= 11 is 0. The van der Waals surface area contributed by atoms with E-state index in [1.54, 1.807) is 66.7 Å². The van der Waals surface area contributed by atoms with Gasteiger partial charge in [-0.2, -0.15) is 0 Å². The summed E-state index contributed by atoms with van der Waals surface area (Å²) < 4.78 is 110. The fourth-order valence-electron chi connectivity index (χ4n) is 15.7. The number of carbonyl (C=O) groups is 18. The molecule has 0 bridgehead atoms. The predicted molar refractivity (Wildman–Crippen MR) is 486 cm³/mol. The monoisotopic (exact) mass is 1980 g/mol. The van der Waals surface area contributed by atoms with Gasteiger partial charge in [-0.1, -0.05) is 54.6 Å². The van der Waals surface area contributed by atoms with E-state index in [0.717, 1.165) is 62.3 Å². The van der Waals surface area contributed by atoms with E-state index in [1.807, 2.05) is 12.1 Å². The molecule has 3 aromatic rings. The Kier molecular flexibility index (Phi) is 50.1. The minimum atomic E-state index is -1.78. The van der Waals surface area contributed by atoms with Gasteiger partial charge >= 0.3 is 59.7 Å². The molecule has 3 saturated heterocycles. The second kappa shape index (κ2) is 60.4. The van der Waals surface area contributed by atoms with Crippen molar-refractivity contribution in [1.82, 2.24) is 41.7 Å². The molecule has 0 aromatic heterocycles. The Hall–Kier alpha value is -12.6. The first-order chi connectivity index (χ1) is 66.7. The molecule has 6 N–H and O–H groups in total. The van der Waals surface area contributed by atoms with E-state index in [-0.39, 0.29) is 143 Å². The molecule has 16 atom stereocenters. The van der Waals surface area contributed by atoms with E-state index in [9.17, 15) is 81.5 Å². The molecule has 3 heterocycles. The van der Waals surface area contributed by atoms with Crippen LogP contribution in [0.2, 0.25) is 0 Å². The van der Waals surface area contributed by atoms with Crippen molar-refractivity contribution in [1.29, 1.82) is 0 Å². The molecule has 0 spiro atoms. The molecular formula is C95H134N8O37. The molecule has 7 unspecified atom stereocenters. The fourth-order valence-corrected chi connectivity index (χ4v) is 15.7. The summed E-state index contributed by atoms with van der Waals surface area (Å²) in [6.45, 7) is 10.7. The quantitative estimate of drug-likeness (QED) is 0.0205. The summed E-state index contributed by atoms with van der Waals surface area (Å²) in [5.74, 6) is -11.3. The highest BCUT2D eigenvalue weighted by Crippen LogP contribution is 2.43. The highest BCUT2D eigenvalue weighted by molar-refractivity contribution is 5.86. The Morgan fingerprint density at radius 3 is 1.04 bits per heavy atom. The van der Waals surface area contributed by atoms with Crippen LogP contribution in [0.5, 0.6) is 11.5 Å². The maximum atomic E-state index is 16.0. The summed E-state index contributed by atoms with van der Waals surface area (Å²) in [5.41, 5.74) is 0.0493. The number of hydrogen-bond donors (Lipinski definition) is 6. The first-order valence-electron chi connectivity index (χ1n) is 46.2. The van der Waals surface area contributed by atoms with Gasteiger partial charge in [-0.25, -0.2) is 0 Å². The van der Waals surface area contributed by atoms with Crippen molar-refractivity contribution in [3.63, 3.8) is 0 Å². The normalized spacial score (nSPS) is 21.0. The zero-order valence-corrected chi connectivity index (χ0v) is 81.8. The lowest BCUT2D eigenvalue weighted by Gasteiger charge is -2.44. The average molecular weight is 1980 g/mol. The van der Waals surface area contributed by atoms with E-state index in [2.05, 4.69) is 31.9 Å². The minimum Gasteiger partial charge on any atom is -0.497 e. The third-order valence-electron chi connectivity index (χ3n) is 21.8. The molecule has 3 aliphatic rings. The Bertz CT molecular complexity index is 4540. The minimum absolute atomic E-state index is 0.00691. The van der Waals surface area contributed by atoms with Gasteiger partial charge in [0.2, 0.25) is 47.5 Å². The third kappa shape index (κ3) is 39.6. The molecule has 3 aromatic carbocycles. The fraction of sp³-hybridized carbons (Fsp3) is 0.621. The molecule has 0 aliphatic carbocycles. The number of nitrogens with one attached hydrogen (secondary N) is 6. The highest BCUT2D eigenvalue weighted by Gasteiger charge is 2.55. The molecule has 3 aliphatic heterocycles. The van der Waals surface area contributed by atoms with Crippen molar-refractivity contribution in [2.24, 2.45) is 0 Å².